The van der Waals surface area contributed by atoms with Crippen molar-refractivity contribution in [3.05, 3.63) is 29.3 Å². The molecule has 0 fully saturated rings. The zero-order valence-electron chi connectivity index (χ0n) is 10.8. The fourth-order valence-electron chi connectivity index (χ4n) is 1.74. The molecule has 0 aromatic heterocycles. The molecule has 1 rings (SSSR count). The minimum Gasteiger partial charge on any atom is -0.492 e. The standard InChI is InChI=1S/C15H20ClNO/c1-3-5-6-9-14(17-4-2)12-18-15-10-7-8-13(16)11-15/h1,7-8,10-11,14,17H,4-6,9,12H2,2H3. The number of ether oxygens (including phenoxy) is 1. The second-order valence-electron chi connectivity index (χ2n) is 4.12. The van der Waals surface area contributed by atoms with E-state index >= 15 is 0 Å². The molecule has 0 amide bonds. The maximum Gasteiger partial charge on any atom is 0.120 e. The molecule has 1 aromatic carbocycles. The van der Waals surface area contributed by atoms with Gasteiger partial charge < -0.3 is 10.1 Å². The number of unbranched alkanes of at least 4 members (excludes halogenated alkanes) is 1. The number of terminal acetylenes is 1. The van der Waals surface area contributed by atoms with Crippen LogP contribution in [0.3, 0.4) is 0 Å². The van der Waals surface area contributed by atoms with Crippen LogP contribution in [0.15, 0.2) is 24.3 Å². The van der Waals surface area contributed by atoms with Gasteiger partial charge in [-0.05, 0) is 37.6 Å². The lowest BCUT2D eigenvalue weighted by atomic mass is 10.1. The molecule has 3 heteroatoms. The first-order valence-corrected chi connectivity index (χ1v) is 6.69. The van der Waals surface area contributed by atoms with E-state index in [1.807, 2.05) is 24.3 Å². The van der Waals surface area contributed by atoms with Gasteiger partial charge in [0, 0.05) is 17.5 Å². The summed E-state index contributed by atoms with van der Waals surface area (Å²) in [5.74, 6) is 3.47. The van der Waals surface area contributed by atoms with Gasteiger partial charge in [0.25, 0.3) is 0 Å². The summed E-state index contributed by atoms with van der Waals surface area (Å²) >= 11 is 5.91. The molecule has 0 saturated carbocycles. The van der Waals surface area contributed by atoms with Gasteiger partial charge in [-0.15, -0.1) is 12.3 Å². The van der Waals surface area contributed by atoms with Crippen molar-refractivity contribution in [3.8, 4) is 18.1 Å². The van der Waals surface area contributed by atoms with Gasteiger partial charge in [-0.1, -0.05) is 24.6 Å². The molecule has 0 aliphatic heterocycles. The minimum atomic E-state index is 0.335. The first-order valence-electron chi connectivity index (χ1n) is 6.31. The van der Waals surface area contributed by atoms with Gasteiger partial charge >= 0.3 is 0 Å². The van der Waals surface area contributed by atoms with Crippen molar-refractivity contribution in [1.82, 2.24) is 5.32 Å². The van der Waals surface area contributed by atoms with Gasteiger partial charge in [0.15, 0.2) is 0 Å². The Kier molecular flexibility index (Phi) is 7.32. The second kappa shape index (κ2) is 8.85. The fraction of sp³-hybridized carbons (Fsp3) is 0.467. The molecule has 2 nitrogen and oxygen atoms in total. The third-order valence-corrected chi connectivity index (χ3v) is 2.85. The van der Waals surface area contributed by atoms with Gasteiger partial charge in [0.1, 0.15) is 12.4 Å². The molecular formula is C15H20ClNO. The van der Waals surface area contributed by atoms with E-state index in [2.05, 4.69) is 18.2 Å². The Hall–Kier alpha value is -1.17. The highest BCUT2D eigenvalue weighted by atomic mass is 35.5. The van der Waals surface area contributed by atoms with E-state index in [4.69, 9.17) is 22.8 Å². The molecule has 98 valence electrons. The number of benzene rings is 1. The van der Waals surface area contributed by atoms with Crippen LogP contribution in [0.1, 0.15) is 26.2 Å². The molecule has 0 bridgehead atoms. The monoisotopic (exact) mass is 265 g/mol. The van der Waals surface area contributed by atoms with Gasteiger partial charge in [0.2, 0.25) is 0 Å². The van der Waals surface area contributed by atoms with Gasteiger partial charge in [-0.3, -0.25) is 0 Å². The van der Waals surface area contributed by atoms with Crippen LogP contribution in [0.25, 0.3) is 0 Å². The van der Waals surface area contributed by atoms with E-state index < -0.39 is 0 Å². The molecule has 1 atom stereocenters. The Balaban J connectivity index is 2.39. The minimum absolute atomic E-state index is 0.335. The second-order valence-corrected chi connectivity index (χ2v) is 4.56. The lowest BCUT2D eigenvalue weighted by Gasteiger charge is -2.18. The van der Waals surface area contributed by atoms with Crippen LogP contribution < -0.4 is 10.1 Å². The van der Waals surface area contributed by atoms with Crippen molar-refractivity contribution in [3.63, 3.8) is 0 Å². The quantitative estimate of drug-likeness (QED) is 0.574. The highest BCUT2D eigenvalue weighted by molar-refractivity contribution is 6.30. The van der Waals surface area contributed by atoms with Crippen molar-refractivity contribution in [2.24, 2.45) is 0 Å². The highest BCUT2D eigenvalue weighted by Gasteiger charge is 2.07. The Morgan fingerprint density at radius 2 is 2.33 bits per heavy atom. The van der Waals surface area contributed by atoms with Crippen molar-refractivity contribution in [1.29, 1.82) is 0 Å². The molecule has 0 saturated heterocycles. The Morgan fingerprint density at radius 1 is 1.50 bits per heavy atom. The van der Waals surface area contributed by atoms with E-state index in [1.165, 1.54) is 0 Å². The highest BCUT2D eigenvalue weighted by Crippen LogP contribution is 2.17. The molecule has 0 spiro atoms. The summed E-state index contributed by atoms with van der Waals surface area (Å²) < 4.78 is 5.73. The smallest absolute Gasteiger partial charge is 0.120 e. The summed E-state index contributed by atoms with van der Waals surface area (Å²) in [6, 6.07) is 7.80. The molecule has 18 heavy (non-hydrogen) atoms. The average Bonchev–Trinajstić information content (AvgIpc) is 2.36. The molecule has 0 aliphatic carbocycles. The van der Waals surface area contributed by atoms with E-state index in [9.17, 15) is 0 Å². The van der Waals surface area contributed by atoms with Crippen LogP contribution in [0.4, 0.5) is 0 Å². The number of rotatable bonds is 8. The molecule has 1 N–H and O–H groups in total. The average molecular weight is 266 g/mol. The molecular weight excluding hydrogens is 246 g/mol. The zero-order chi connectivity index (χ0) is 13.2. The van der Waals surface area contributed by atoms with Crippen molar-refractivity contribution in [2.75, 3.05) is 13.2 Å². The van der Waals surface area contributed by atoms with E-state index in [0.717, 1.165) is 31.6 Å². The van der Waals surface area contributed by atoms with E-state index in [-0.39, 0.29) is 0 Å². The first kappa shape index (κ1) is 14.9. The maximum atomic E-state index is 5.91. The number of halogens is 1. The predicted molar refractivity (Wildman–Crippen MR) is 77.1 cm³/mol. The molecule has 0 aliphatic rings. The van der Waals surface area contributed by atoms with Gasteiger partial charge in [-0.2, -0.15) is 0 Å². The third kappa shape index (κ3) is 5.95. The normalized spacial score (nSPS) is 11.8. The summed E-state index contributed by atoms with van der Waals surface area (Å²) in [5.41, 5.74) is 0. The number of hydrogen-bond donors (Lipinski definition) is 1. The van der Waals surface area contributed by atoms with Crippen molar-refractivity contribution in [2.45, 2.75) is 32.2 Å². The lowest BCUT2D eigenvalue weighted by Crippen LogP contribution is -2.34. The van der Waals surface area contributed by atoms with Crippen molar-refractivity contribution >= 4 is 11.6 Å². The zero-order valence-corrected chi connectivity index (χ0v) is 11.5. The van der Waals surface area contributed by atoms with E-state index in [1.54, 1.807) is 0 Å². The van der Waals surface area contributed by atoms with E-state index in [0.29, 0.717) is 17.7 Å². The first-order chi connectivity index (χ1) is 8.76. The molecule has 0 heterocycles. The van der Waals surface area contributed by atoms with Crippen LogP contribution >= 0.6 is 11.6 Å². The molecule has 0 radical (unpaired) electrons. The summed E-state index contributed by atoms with van der Waals surface area (Å²) in [7, 11) is 0. The summed E-state index contributed by atoms with van der Waals surface area (Å²) in [4.78, 5) is 0. The van der Waals surface area contributed by atoms with Crippen molar-refractivity contribution < 1.29 is 4.74 Å². The number of hydrogen-bond acceptors (Lipinski definition) is 2. The topological polar surface area (TPSA) is 21.3 Å². The van der Waals surface area contributed by atoms with Gasteiger partial charge in [0.05, 0.1) is 0 Å². The Labute approximate surface area is 115 Å². The number of nitrogens with one attached hydrogen (secondary N) is 1. The summed E-state index contributed by atoms with van der Waals surface area (Å²) in [5, 5.41) is 4.09. The van der Waals surface area contributed by atoms with Crippen LogP contribution in [-0.4, -0.2) is 19.2 Å². The van der Waals surface area contributed by atoms with Crippen LogP contribution in [0.5, 0.6) is 5.75 Å². The largest absolute Gasteiger partial charge is 0.492 e. The summed E-state index contributed by atoms with van der Waals surface area (Å²) in [6.45, 7) is 3.66. The Morgan fingerprint density at radius 3 is 3.00 bits per heavy atom. The molecule has 1 aromatic rings. The third-order valence-electron chi connectivity index (χ3n) is 2.61. The number of likely N-dealkylation sites (N-methyl/N-ethyl adjacent to an activating group) is 1. The Bertz CT molecular complexity index is 386. The maximum absolute atomic E-state index is 5.91. The SMILES string of the molecule is C#CCCCC(COc1cccc(Cl)c1)NCC. The van der Waals surface area contributed by atoms with Crippen LogP contribution in [-0.2, 0) is 0 Å². The summed E-state index contributed by atoms with van der Waals surface area (Å²) in [6.07, 6.45) is 8.12. The van der Waals surface area contributed by atoms with Crippen LogP contribution in [0.2, 0.25) is 5.02 Å². The predicted octanol–water partition coefficient (Wildman–Crippen LogP) is 3.50. The lowest BCUT2D eigenvalue weighted by molar-refractivity contribution is 0.256. The van der Waals surface area contributed by atoms with Gasteiger partial charge in [-0.25, -0.2) is 0 Å². The van der Waals surface area contributed by atoms with Crippen LogP contribution in [0, 0.1) is 12.3 Å². The fourth-order valence-corrected chi connectivity index (χ4v) is 1.92. The molecule has 1 unspecified atom stereocenters.